The second kappa shape index (κ2) is 8.35. The van der Waals surface area contributed by atoms with Crippen LogP contribution in [0.1, 0.15) is 5.56 Å². The molecule has 0 atom stereocenters. The van der Waals surface area contributed by atoms with Crippen molar-refractivity contribution in [1.82, 2.24) is 0 Å². The van der Waals surface area contributed by atoms with Gasteiger partial charge in [-0.3, -0.25) is 14.9 Å². The van der Waals surface area contributed by atoms with Crippen molar-refractivity contribution < 1.29 is 14.5 Å². The number of non-ortho nitro benzene ring substituents is 1. The maximum atomic E-state index is 12.3. The van der Waals surface area contributed by atoms with Crippen molar-refractivity contribution in [2.24, 2.45) is 0 Å². The third kappa shape index (κ3) is 4.73. The molecule has 0 saturated carbocycles. The smallest absolute Gasteiger partial charge is 0.273 e. The normalized spacial score (nSPS) is 10.6. The molecule has 0 aliphatic rings. The molecule has 1 amide bonds. The highest BCUT2D eigenvalue weighted by Crippen LogP contribution is 2.29. The van der Waals surface area contributed by atoms with Crippen LogP contribution in [0.3, 0.4) is 0 Å². The van der Waals surface area contributed by atoms with Gasteiger partial charge in [0.2, 0.25) is 0 Å². The predicted octanol–water partition coefficient (Wildman–Crippen LogP) is 2.95. The lowest BCUT2D eigenvalue weighted by Gasteiger charge is -2.10. The number of rotatable bonds is 6. The first-order valence-electron chi connectivity index (χ1n) is 7.72. The number of ether oxygens (including phenoxy) is 1. The molecule has 2 rings (SSSR count). The lowest BCUT2D eigenvalue weighted by molar-refractivity contribution is -0.384. The zero-order valence-corrected chi connectivity index (χ0v) is 14.6. The summed E-state index contributed by atoms with van der Waals surface area (Å²) in [6.45, 7) is 1.88. The van der Waals surface area contributed by atoms with E-state index in [2.05, 4.69) is 10.6 Å². The van der Waals surface area contributed by atoms with E-state index in [9.17, 15) is 20.2 Å². The van der Waals surface area contributed by atoms with Crippen LogP contribution in [0.4, 0.5) is 22.7 Å². The Kier molecular flexibility index (Phi) is 5.96. The Balaban J connectivity index is 2.21. The zero-order valence-electron chi connectivity index (χ0n) is 14.6. The van der Waals surface area contributed by atoms with Gasteiger partial charge in [0.15, 0.2) is 0 Å². The molecule has 0 fully saturated rings. The number of anilines is 3. The average molecular weight is 367 g/mol. The third-order valence-electron chi connectivity index (χ3n) is 3.59. The number of aryl methyl sites for hydroxylation is 1. The number of methoxy groups -OCH3 is 1. The summed E-state index contributed by atoms with van der Waals surface area (Å²) in [6, 6.07) is 10.8. The van der Waals surface area contributed by atoms with Crippen molar-refractivity contribution in [3.8, 4) is 11.8 Å². The van der Waals surface area contributed by atoms with Crippen LogP contribution in [-0.2, 0) is 4.79 Å². The van der Waals surface area contributed by atoms with Crippen LogP contribution in [0, 0.1) is 28.4 Å². The SMILES string of the molecule is COc1cc([N+](=O)[O-])ccc1NC(=O)/C(C#N)=C\Nc1cc(C)ccc1N. The molecule has 0 aliphatic carbocycles. The Morgan fingerprint density at radius 3 is 2.67 bits per heavy atom. The molecular weight excluding hydrogens is 350 g/mol. The van der Waals surface area contributed by atoms with E-state index in [-0.39, 0.29) is 22.7 Å². The van der Waals surface area contributed by atoms with Gasteiger partial charge in [0, 0.05) is 12.3 Å². The molecule has 0 unspecified atom stereocenters. The molecule has 4 N–H and O–H groups in total. The largest absolute Gasteiger partial charge is 0.494 e. The summed E-state index contributed by atoms with van der Waals surface area (Å²) in [5.74, 6) is -0.603. The van der Waals surface area contributed by atoms with E-state index in [1.807, 2.05) is 13.0 Å². The van der Waals surface area contributed by atoms with Gasteiger partial charge in [0.25, 0.3) is 11.6 Å². The number of nitro benzene ring substituents is 1. The minimum Gasteiger partial charge on any atom is -0.494 e. The molecule has 0 radical (unpaired) electrons. The summed E-state index contributed by atoms with van der Waals surface area (Å²) in [6.07, 6.45) is 1.23. The number of amides is 1. The number of nitro groups is 1. The van der Waals surface area contributed by atoms with Crippen molar-refractivity contribution in [1.29, 1.82) is 5.26 Å². The van der Waals surface area contributed by atoms with Crippen LogP contribution >= 0.6 is 0 Å². The Bertz CT molecular complexity index is 963. The van der Waals surface area contributed by atoms with E-state index in [1.165, 1.54) is 31.5 Å². The summed E-state index contributed by atoms with van der Waals surface area (Å²) < 4.78 is 5.05. The van der Waals surface area contributed by atoms with E-state index < -0.39 is 10.8 Å². The second-order valence-corrected chi connectivity index (χ2v) is 5.50. The zero-order chi connectivity index (χ0) is 20.0. The standard InChI is InChI=1S/C18H17N5O4/c1-11-3-5-14(20)16(7-11)21-10-12(9-19)18(24)22-15-6-4-13(23(25)26)8-17(15)27-2/h3-8,10,21H,20H2,1-2H3,(H,22,24)/b12-10-. The van der Waals surface area contributed by atoms with Crippen molar-refractivity contribution in [3.63, 3.8) is 0 Å². The molecule has 0 saturated heterocycles. The van der Waals surface area contributed by atoms with Crippen molar-refractivity contribution in [2.45, 2.75) is 6.92 Å². The van der Waals surface area contributed by atoms with Gasteiger partial charge in [-0.05, 0) is 30.7 Å². The highest BCUT2D eigenvalue weighted by molar-refractivity contribution is 6.07. The molecule has 138 valence electrons. The monoisotopic (exact) mass is 367 g/mol. The summed E-state index contributed by atoms with van der Waals surface area (Å²) in [5, 5.41) is 25.4. The Hall–Kier alpha value is -4.06. The first-order chi connectivity index (χ1) is 12.8. The minimum absolute atomic E-state index is 0.103. The van der Waals surface area contributed by atoms with Gasteiger partial charge in [-0.15, -0.1) is 0 Å². The van der Waals surface area contributed by atoms with Gasteiger partial charge < -0.3 is 21.1 Å². The second-order valence-electron chi connectivity index (χ2n) is 5.50. The van der Waals surface area contributed by atoms with Crippen molar-refractivity contribution in [2.75, 3.05) is 23.5 Å². The Morgan fingerprint density at radius 2 is 2.04 bits per heavy atom. The van der Waals surface area contributed by atoms with Crippen molar-refractivity contribution >= 4 is 28.7 Å². The fourth-order valence-corrected chi connectivity index (χ4v) is 2.18. The molecule has 9 nitrogen and oxygen atoms in total. The number of hydrogen-bond acceptors (Lipinski definition) is 7. The van der Waals surface area contributed by atoms with Gasteiger partial charge in [-0.1, -0.05) is 6.07 Å². The lowest BCUT2D eigenvalue weighted by Crippen LogP contribution is -2.15. The Labute approximate surface area is 155 Å². The molecule has 0 aromatic heterocycles. The van der Waals surface area contributed by atoms with Crippen LogP contribution in [-0.4, -0.2) is 17.9 Å². The quantitative estimate of drug-likeness (QED) is 0.234. The minimum atomic E-state index is -0.705. The molecule has 2 aromatic rings. The number of carbonyl (C=O) groups excluding carboxylic acids is 1. The molecule has 9 heteroatoms. The average Bonchev–Trinajstić information content (AvgIpc) is 2.65. The van der Waals surface area contributed by atoms with E-state index in [0.717, 1.165) is 5.56 Å². The predicted molar refractivity (Wildman–Crippen MR) is 101 cm³/mol. The summed E-state index contributed by atoms with van der Waals surface area (Å²) in [7, 11) is 1.32. The number of nitrogens with one attached hydrogen (secondary N) is 2. The van der Waals surface area contributed by atoms with Crippen LogP contribution in [0.15, 0.2) is 48.2 Å². The molecule has 0 spiro atoms. The topological polar surface area (TPSA) is 143 Å². The molecular formula is C18H17N5O4. The van der Waals surface area contributed by atoms with E-state index in [0.29, 0.717) is 11.4 Å². The number of nitrogens with zero attached hydrogens (tertiary/aromatic N) is 2. The van der Waals surface area contributed by atoms with Crippen molar-refractivity contribution in [3.05, 3.63) is 63.8 Å². The van der Waals surface area contributed by atoms with Gasteiger partial charge >= 0.3 is 0 Å². The number of nitriles is 1. The van der Waals surface area contributed by atoms with E-state index in [1.54, 1.807) is 18.2 Å². The van der Waals surface area contributed by atoms with Gasteiger partial charge in [-0.25, -0.2) is 0 Å². The number of hydrogen-bond donors (Lipinski definition) is 3. The van der Waals surface area contributed by atoms with Crippen LogP contribution in [0.25, 0.3) is 0 Å². The van der Waals surface area contributed by atoms with Crippen LogP contribution in [0.5, 0.6) is 5.75 Å². The van der Waals surface area contributed by atoms with Gasteiger partial charge in [0.05, 0.1) is 35.2 Å². The van der Waals surface area contributed by atoms with Gasteiger partial charge in [0.1, 0.15) is 17.4 Å². The highest BCUT2D eigenvalue weighted by atomic mass is 16.6. The summed E-state index contributed by atoms with van der Waals surface area (Å²) in [4.78, 5) is 22.6. The van der Waals surface area contributed by atoms with Crippen LogP contribution < -0.4 is 21.1 Å². The molecule has 0 aliphatic heterocycles. The van der Waals surface area contributed by atoms with E-state index in [4.69, 9.17) is 10.5 Å². The first-order valence-corrected chi connectivity index (χ1v) is 7.72. The maximum Gasteiger partial charge on any atom is 0.273 e. The fraction of sp³-hybridized carbons (Fsp3) is 0.111. The van der Waals surface area contributed by atoms with Crippen LogP contribution in [0.2, 0.25) is 0 Å². The molecule has 0 bridgehead atoms. The maximum absolute atomic E-state index is 12.3. The first kappa shape index (κ1) is 19.3. The number of nitrogen functional groups attached to an aromatic ring is 1. The summed E-state index contributed by atoms with van der Waals surface area (Å²) >= 11 is 0. The number of carbonyl (C=O) groups is 1. The number of nitrogens with two attached hydrogens (primary N) is 1. The highest BCUT2D eigenvalue weighted by Gasteiger charge is 2.16. The molecule has 27 heavy (non-hydrogen) atoms. The fourth-order valence-electron chi connectivity index (χ4n) is 2.18. The lowest BCUT2D eigenvalue weighted by atomic mass is 10.2. The molecule has 2 aromatic carbocycles. The summed E-state index contributed by atoms with van der Waals surface area (Å²) in [5.41, 5.74) is 7.63. The Morgan fingerprint density at radius 1 is 1.30 bits per heavy atom. The number of benzene rings is 2. The molecule has 0 heterocycles. The third-order valence-corrected chi connectivity index (χ3v) is 3.59. The van der Waals surface area contributed by atoms with Gasteiger partial charge in [-0.2, -0.15) is 5.26 Å². The van der Waals surface area contributed by atoms with E-state index >= 15 is 0 Å².